The Morgan fingerprint density at radius 2 is 1.54 bits per heavy atom. The first kappa shape index (κ1) is 55.7. The average Bonchev–Trinajstić information content (AvgIpc) is 3.98. The molecule has 0 radical (unpaired) electrons. The topological polar surface area (TPSA) is 241 Å². The molecule has 1 fully saturated rings. The molecule has 22 heteroatoms. The van der Waals surface area contributed by atoms with Crippen LogP contribution in [-0.2, 0) is 33.3 Å². The van der Waals surface area contributed by atoms with Gasteiger partial charge in [0.1, 0.15) is 22.7 Å². The lowest BCUT2D eigenvalue weighted by molar-refractivity contribution is -0.123. The number of halogens is 2. The summed E-state index contributed by atoms with van der Waals surface area (Å²) in [5.41, 5.74) is 12.5. The Morgan fingerprint density at radius 3 is 2.24 bits per heavy atom. The number of aromatic amines is 1. The van der Waals surface area contributed by atoms with Crippen LogP contribution in [-0.4, -0.2) is 147 Å². The number of hydrogen-bond donors (Lipinski definition) is 6. The van der Waals surface area contributed by atoms with E-state index in [0.29, 0.717) is 98.9 Å². The maximum Gasteiger partial charge on any atom is 0.250 e. The van der Waals surface area contributed by atoms with Crippen LogP contribution in [0.2, 0.25) is 5.02 Å². The Labute approximate surface area is 439 Å². The molecule has 1 saturated heterocycles. The molecule has 0 aliphatic carbocycles. The molecule has 2 atom stereocenters. The van der Waals surface area contributed by atoms with Gasteiger partial charge in [0, 0.05) is 89.4 Å². The number of H-pyrrole nitrogens is 1. The summed E-state index contributed by atoms with van der Waals surface area (Å²) in [7, 11) is 0. The van der Waals surface area contributed by atoms with Gasteiger partial charge in [-0.3, -0.25) is 28.7 Å². The summed E-state index contributed by atoms with van der Waals surface area (Å²) in [6, 6.07) is 8.18. The van der Waals surface area contributed by atoms with E-state index in [9.17, 15) is 19.2 Å². The molecule has 7 rings (SSSR count). The van der Waals surface area contributed by atoms with Crippen LogP contribution in [0.4, 0.5) is 10.1 Å². The summed E-state index contributed by atoms with van der Waals surface area (Å²) in [6.07, 6.45) is 1.88. The fourth-order valence-electron chi connectivity index (χ4n) is 8.96. The number of aryl methyl sites for hydroxylation is 4. The lowest BCUT2D eigenvalue weighted by Crippen LogP contribution is -2.47. The van der Waals surface area contributed by atoms with Crippen molar-refractivity contribution in [2.75, 3.05) is 97.0 Å². The van der Waals surface area contributed by atoms with Gasteiger partial charge in [-0.05, 0) is 76.8 Å². The van der Waals surface area contributed by atoms with Crippen LogP contribution < -0.4 is 31.9 Å². The molecule has 0 bridgehead atoms. The van der Waals surface area contributed by atoms with Crippen LogP contribution in [0.25, 0.3) is 15.9 Å². The first-order chi connectivity index (χ1) is 35.6. The molecule has 398 valence electrons. The van der Waals surface area contributed by atoms with Gasteiger partial charge in [0.05, 0.1) is 81.8 Å². The second-order valence-corrected chi connectivity index (χ2v) is 19.9. The second-order valence-electron chi connectivity index (χ2n) is 18.3. The number of nitrogens with two attached hydrogens (primary N) is 1. The summed E-state index contributed by atoms with van der Waals surface area (Å²) in [5.74, 6) is -0.578. The van der Waals surface area contributed by atoms with Gasteiger partial charge in [-0.2, -0.15) is 0 Å². The van der Waals surface area contributed by atoms with E-state index < -0.39 is 17.8 Å². The van der Waals surface area contributed by atoms with Crippen LogP contribution >= 0.6 is 22.9 Å². The van der Waals surface area contributed by atoms with Gasteiger partial charge in [-0.1, -0.05) is 30.3 Å². The van der Waals surface area contributed by atoms with E-state index in [1.165, 1.54) is 10.9 Å². The molecule has 2 aromatic carbocycles. The minimum Gasteiger partial charge on any atom is -0.379 e. The monoisotopic (exact) mass is 1060 g/mol. The number of carbonyl (C=O) groups excluding carboxylic acids is 4. The molecule has 5 aromatic rings. The van der Waals surface area contributed by atoms with Crippen molar-refractivity contribution in [1.29, 1.82) is 0 Å². The van der Waals surface area contributed by atoms with Crippen molar-refractivity contribution in [1.82, 2.24) is 41.0 Å². The van der Waals surface area contributed by atoms with Crippen LogP contribution in [0.5, 0.6) is 0 Å². The normalized spacial score (nSPS) is 15.3. The number of rotatable bonds is 27. The van der Waals surface area contributed by atoms with E-state index in [4.69, 9.17) is 41.3 Å². The Bertz CT molecular complexity index is 2850. The van der Waals surface area contributed by atoms with Crippen LogP contribution in [0.1, 0.15) is 86.6 Å². The molecule has 3 aromatic heterocycles. The third-order valence-electron chi connectivity index (χ3n) is 13.1. The highest BCUT2D eigenvalue weighted by Gasteiger charge is 2.33. The number of benzene rings is 2. The molecule has 74 heavy (non-hydrogen) atoms. The van der Waals surface area contributed by atoms with Crippen molar-refractivity contribution in [2.45, 2.75) is 72.4 Å². The number of ether oxygens (including phenoxy) is 4. The van der Waals surface area contributed by atoms with Gasteiger partial charge in [0.25, 0.3) is 5.91 Å². The number of carbonyl (C=O) groups is 4. The highest BCUT2D eigenvalue weighted by atomic mass is 35.5. The predicted molar refractivity (Wildman–Crippen MR) is 283 cm³/mol. The number of aromatic nitrogens is 4. The largest absolute Gasteiger partial charge is 0.379 e. The van der Waals surface area contributed by atoms with E-state index in [2.05, 4.69) is 56.9 Å². The van der Waals surface area contributed by atoms with Gasteiger partial charge in [0.15, 0.2) is 5.82 Å². The van der Waals surface area contributed by atoms with Crippen molar-refractivity contribution in [3.63, 3.8) is 0 Å². The number of anilines is 1. The lowest BCUT2D eigenvalue weighted by Gasteiger charge is -2.36. The summed E-state index contributed by atoms with van der Waals surface area (Å²) < 4.78 is 39.9. The molecule has 0 unspecified atom stereocenters. The Kier molecular flexibility index (Phi) is 19.9. The zero-order chi connectivity index (χ0) is 52.9. The molecule has 7 N–H and O–H groups in total. The van der Waals surface area contributed by atoms with Gasteiger partial charge < -0.3 is 55.8 Å². The van der Waals surface area contributed by atoms with E-state index >= 15 is 4.39 Å². The summed E-state index contributed by atoms with van der Waals surface area (Å²) in [6.45, 7) is 18.6. The molecular formula is C52H67ClFN11O8S. The molecule has 0 saturated carbocycles. The number of nitrogens with one attached hydrogen (secondary N) is 5. The minimum absolute atomic E-state index is 0.0289. The van der Waals surface area contributed by atoms with Crippen molar-refractivity contribution in [3.8, 4) is 5.00 Å². The number of thiophene rings is 1. The van der Waals surface area contributed by atoms with Crippen molar-refractivity contribution in [2.24, 2.45) is 10.7 Å². The van der Waals surface area contributed by atoms with Crippen molar-refractivity contribution < 1.29 is 42.5 Å². The summed E-state index contributed by atoms with van der Waals surface area (Å²) in [4.78, 5) is 61.8. The number of fused-ring (bicyclic) bond motifs is 4. The van der Waals surface area contributed by atoms with E-state index in [0.717, 1.165) is 57.3 Å². The molecule has 19 nitrogen and oxygen atoms in total. The summed E-state index contributed by atoms with van der Waals surface area (Å²) >= 11 is 7.88. The zero-order valence-corrected chi connectivity index (χ0v) is 44.3. The number of aliphatic imine (C=N–C) groups is 1. The highest BCUT2D eigenvalue weighted by molar-refractivity contribution is 7.15. The van der Waals surface area contributed by atoms with Gasteiger partial charge in [-0.15, -0.1) is 21.5 Å². The van der Waals surface area contributed by atoms with Crippen molar-refractivity contribution >= 4 is 68.9 Å². The maximum atomic E-state index is 15.6. The third-order valence-corrected chi connectivity index (χ3v) is 14.5. The quantitative estimate of drug-likeness (QED) is 0.0296. The molecule has 2 aliphatic heterocycles. The Balaban J connectivity index is 0.681. The minimum atomic E-state index is -0.697. The van der Waals surface area contributed by atoms with E-state index in [1.807, 2.05) is 54.5 Å². The molecule has 5 heterocycles. The first-order valence-electron chi connectivity index (χ1n) is 24.9. The SMILES string of the molecule is C=C(CN[C@H]1CCCN(c2c(F)cc(C(N)=O)c3[nH]c(C)c(C)c23)C1)C(=O)NCCNC(=O)CCOCCOCCOCCOCCNC(=O)C[C@H]1N=C(c2ccc(Cl)cc2)c2c(sc(C)c2C)-n2c(C)nnc21. The van der Waals surface area contributed by atoms with Crippen molar-refractivity contribution in [3.05, 3.63) is 103 Å². The van der Waals surface area contributed by atoms with Gasteiger partial charge in [0.2, 0.25) is 17.7 Å². The Morgan fingerprint density at radius 1 is 0.878 bits per heavy atom. The predicted octanol–water partition coefficient (Wildman–Crippen LogP) is 5.15. The lowest BCUT2D eigenvalue weighted by atomic mass is 9.99. The number of hydrogen-bond acceptors (Lipinski definition) is 14. The molecule has 4 amide bonds. The average molecular weight is 1060 g/mol. The summed E-state index contributed by atoms with van der Waals surface area (Å²) in [5, 5.41) is 23.0. The number of nitrogens with zero attached hydrogens (tertiary/aromatic N) is 5. The number of primary amides is 1. The number of amides is 4. The standard InChI is InChI=1S/C52H67ClFN11O8S/c1-30(28-59-38-8-7-17-64(29-38)48-40(54)26-39(49(55)68)47-44(48)31(2)33(4)60-47)51(69)58-15-14-56-42(66)13-18-70-20-22-72-24-25-73-23-21-71-19-16-57-43(67)27-41-50-63-62-35(6)65(50)52-45(32(3)34(5)74-52)46(61-41)36-9-11-37(53)12-10-36/h9-12,26,38,41,59-60H,1,7-8,13-25,27-29H2,2-6H3,(H2,55,68)(H,56,66)(H,57,67)(H,58,69)/t38-,41+/m0/s1. The van der Waals surface area contributed by atoms with Crippen LogP contribution in [0.3, 0.4) is 0 Å². The van der Waals surface area contributed by atoms with E-state index in [1.54, 1.807) is 11.3 Å². The third kappa shape index (κ3) is 14.0. The molecule has 2 aliphatic rings. The maximum absolute atomic E-state index is 15.6. The van der Waals surface area contributed by atoms with E-state index in [-0.39, 0.29) is 68.4 Å². The van der Waals surface area contributed by atoms with Crippen LogP contribution in [0.15, 0.2) is 47.5 Å². The van der Waals surface area contributed by atoms with Crippen LogP contribution in [0, 0.1) is 40.4 Å². The zero-order valence-electron chi connectivity index (χ0n) is 42.7. The number of piperidine rings is 1. The molecule has 0 spiro atoms. The van der Waals surface area contributed by atoms with Gasteiger partial charge >= 0.3 is 0 Å². The second kappa shape index (κ2) is 26.4. The fourth-order valence-corrected chi connectivity index (χ4v) is 10.3. The van der Waals surface area contributed by atoms with Gasteiger partial charge in [-0.25, -0.2) is 4.39 Å². The highest BCUT2D eigenvalue weighted by Crippen LogP contribution is 2.40. The first-order valence-corrected chi connectivity index (χ1v) is 26.1. The smallest absolute Gasteiger partial charge is 0.250 e. The molecular weight excluding hydrogens is 993 g/mol. The Hall–Kier alpha value is -6.07. The fraction of sp³-hybridized carbons (Fsp3) is 0.481.